The van der Waals surface area contributed by atoms with Crippen molar-refractivity contribution in [2.24, 2.45) is 11.8 Å². The molecule has 1 heterocycles. The largest absolute Gasteiger partial charge is 0.393 e. The lowest BCUT2D eigenvalue weighted by Gasteiger charge is -2.44. The summed E-state index contributed by atoms with van der Waals surface area (Å²) < 4.78 is 0. The molecule has 0 spiro atoms. The van der Waals surface area contributed by atoms with Crippen molar-refractivity contribution in [1.29, 1.82) is 0 Å². The maximum absolute atomic E-state index is 9.68. The number of aliphatic hydroxyl groups excluding tert-OH is 1. The number of rotatable bonds is 3. The van der Waals surface area contributed by atoms with Gasteiger partial charge in [-0.15, -0.1) is 0 Å². The molecule has 1 aliphatic carbocycles. The number of piperidine rings is 1. The van der Waals surface area contributed by atoms with E-state index in [-0.39, 0.29) is 6.10 Å². The van der Waals surface area contributed by atoms with Crippen LogP contribution < -0.4 is 0 Å². The Morgan fingerprint density at radius 3 is 2.28 bits per heavy atom. The Balaban J connectivity index is 1.98. The van der Waals surface area contributed by atoms with Gasteiger partial charge in [0.15, 0.2) is 0 Å². The van der Waals surface area contributed by atoms with Crippen molar-refractivity contribution < 1.29 is 5.11 Å². The lowest BCUT2D eigenvalue weighted by atomic mass is 9.75. The Morgan fingerprint density at radius 2 is 1.72 bits per heavy atom. The first-order valence-corrected chi connectivity index (χ1v) is 7.61. The van der Waals surface area contributed by atoms with E-state index in [2.05, 4.69) is 30.9 Å². The zero-order valence-corrected chi connectivity index (χ0v) is 12.3. The molecule has 1 saturated heterocycles. The Hall–Kier alpha value is -0.120. The van der Waals surface area contributed by atoms with Crippen LogP contribution in [-0.2, 0) is 0 Å². The van der Waals surface area contributed by atoms with Gasteiger partial charge in [-0.2, -0.15) is 0 Å². The van der Waals surface area contributed by atoms with E-state index in [1.54, 1.807) is 0 Å². The minimum atomic E-state index is -0.0295. The van der Waals surface area contributed by atoms with Crippen LogP contribution in [0.4, 0.5) is 0 Å². The van der Waals surface area contributed by atoms with Crippen molar-refractivity contribution in [2.45, 2.75) is 50.7 Å². The van der Waals surface area contributed by atoms with E-state index in [1.165, 1.54) is 38.8 Å². The fourth-order valence-electron chi connectivity index (χ4n) is 4.16. The van der Waals surface area contributed by atoms with Crippen LogP contribution in [0.1, 0.15) is 38.5 Å². The van der Waals surface area contributed by atoms with Gasteiger partial charge in [0.25, 0.3) is 0 Å². The summed E-state index contributed by atoms with van der Waals surface area (Å²) >= 11 is 0. The van der Waals surface area contributed by atoms with Gasteiger partial charge < -0.3 is 14.9 Å². The topological polar surface area (TPSA) is 26.7 Å². The van der Waals surface area contributed by atoms with E-state index in [0.29, 0.717) is 6.04 Å². The first kappa shape index (κ1) is 14.3. The van der Waals surface area contributed by atoms with E-state index in [1.807, 2.05) is 0 Å². The fourth-order valence-corrected chi connectivity index (χ4v) is 4.16. The summed E-state index contributed by atoms with van der Waals surface area (Å²) in [6, 6.07) is 0.709. The Kier molecular flexibility index (Phi) is 5.05. The molecule has 2 fully saturated rings. The van der Waals surface area contributed by atoms with E-state index < -0.39 is 0 Å². The second-order valence-electron chi connectivity index (χ2n) is 6.69. The highest BCUT2D eigenvalue weighted by molar-refractivity contribution is 4.89. The summed E-state index contributed by atoms with van der Waals surface area (Å²) in [6.45, 7) is 2.52. The zero-order valence-electron chi connectivity index (χ0n) is 12.3. The fraction of sp³-hybridized carbons (Fsp3) is 1.00. The number of hydrogen-bond donors (Lipinski definition) is 1. The average Bonchev–Trinajstić information content (AvgIpc) is 2.32. The molecule has 0 radical (unpaired) electrons. The van der Waals surface area contributed by atoms with Gasteiger partial charge in [0.05, 0.1) is 6.10 Å². The van der Waals surface area contributed by atoms with Crippen LogP contribution >= 0.6 is 0 Å². The molecule has 0 aromatic rings. The molecule has 0 amide bonds. The van der Waals surface area contributed by atoms with Gasteiger partial charge >= 0.3 is 0 Å². The molecule has 1 aliphatic heterocycles. The van der Waals surface area contributed by atoms with Crippen molar-refractivity contribution in [3.63, 3.8) is 0 Å². The molecule has 18 heavy (non-hydrogen) atoms. The van der Waals surface area contributed by atoms with Crippen LogP contribution in [0.2, 0.25) is 0 Å². The van der Waals surface area contributed by atoms with Crippen LogP contribution in [-0.4, -0.2) is 61.3 Å². The molecule has 2 atom stereocenters. The summed E-state index contributed by atoms with van der Waals surface area (Å²) in [7, 11) is 6.73. The summed E-state index contributed by atoms with van der Waals surface area (Å²) in [6.07, 6.45) is 7.15. The predicted molar refractivity (Wildman–Crippen MR) is 75.7 cm³/mol. The van der Waals surface area contributed by atoms with E-state index in [9.17, 15) is 5.11 Å². The molecule has 3 nitrogen and oxygen atoms in total. The number of aliphatic hydroxyl groups is 1. The first-order valence-electron chi connectivity index (χ1n) is 7.61. The van der Waals surface area contributed by atoms with E-state index in [4.69, 9.17) is 0 Å². The third-order valence-electron chi connectivity index (χ3n) is 4.96. The van der Waals surface area contributed by atoms with Crippen LogP contribution in [0, 0.1) is 11.8 Å². The predicted octanol–water partition coefficient (Wildman–Crippen LogP) is 1.81. The summed E-state index contributed by atoms with van der Waals surface area (Å²) in [4.78, 5) is 4.94. The van der Waals surface area contributed by atoms with Crippen LogP contribution in [0.15, 0.2) is 0 Å². The van der Waals surface area contributed by atoms with Gasteiger partial charge in [0.2, 0.25) is 0 Å². The minimum absolute atomic E-state index is 0.0295. The molecule has 2 aliphatic rings. The van der Waals surface area contributed by atoms with Gasteiger partial charge in [0, 0.05) is 12.6 Å². The molecule has 2 unspecified atom stereocenters. The molecule has 0 aromatic heterocycles. The Morgan fingerprint density at radius 1 is 1.06 bits per heavy atom. The summed E-state index contributed by atoms with van der Waals surface area (Å²) in [5, 5.41) is 9.68. The van der Waals surface area contributed by atoms with E-state index in [0.717, 1.165) is 24.7 Å². The molecular formula is C15H30N2O. The van der Waals surface area contributed by atoms with Gasteiger partial charge in [-0.1, -0.05) is 0 Å². The lowest BCUT2D eigenvalue weighted by molar-refractivity contribution is 0.0370. The smallest absolute Gasteiger partial charge is 0.0540 e. The second kappa shape index (κ2) is 6.36. The van der Waals surface area contributed by atoms with Crippen LogP contribution in [0.25, 0.3) is 0 Å². The third kappa shape index (κ3) is 3.46. The highest BCUT2D eigenvalue weighted by Crippen LogP contribution is 2.34. The first-order chi connectivity index (χ1) is 8.58. The van der Waals surface area contributed by atoms with Crippen molar-refractivity contribution in [3.05, 3.63) is 0 Å². The quantitative estimate of drug-likeness (QED) is 0.832. The van der Waals surface area contributed by atoms with Crippen molar-refractivity contribution in [2.75, 3.05) is 34.2 Å². The highest BCUT2D eigenvalue weighted by Gasteiger charge is 2.35. The van der Waals surface area contributed by atoms with E-state index >= 15 is 0 Å². The van der Waals surface area contributed by atoms with Gasteiger partial charge in [-0.25, -0.2) is 0 Å². The van der Waals surface area contributed by atoms with Gasteiger partial charge in [-0.3, -0.25) is 0 Å². The maximum atomic E-state index is 9.68. The minimum Gasteiger partial charge on any atom is -0.393 e. The zero-order chi connectivity index (χ0) is 13.1. The normalized spacial score (nSPS) is 36.8. The number of likely N-dealkylation sites (tertiary alicyclic amines) is 1. The Labute approximate surface area is 112 Å². The average molecular weight is 254 g/mol. The van der Waals surface area contributed by atoms with Gasteiger partial charge in [0.1, 0.15) is 0 Å². The summed E-state index contributed by atoms with van der Waals surface area (Å²) in [5.41, 5.74) is 0. The number of nitrogens with zero attached hydrogens (tertiary/aromatic N) is 2. The SMILES string of the molecule is CN1CCCC(C(C2CCC(O)CC2)N(C)C)C1. The van der Waals surface area contributed by atoms with Crippen molar-refractivity contribution >= 4 is 0 Å². The monoisotopic (exact) mass is 254 g/mol. The molecule has 0 bridgehead atoms. The molecule has 1 N–H and O–H groups in total. The molecule has 0 aromatic carbocycles. The molecule has 2 rings (SSSR count). The van der Waals surface area contributed by atoms with Gasteiger partial charge in [-0.05, 0) is 78.0 Å². The van der Waals surface area contributed by atoms with Crippen LogP contribution in [0.3, 0.4) is 0 Å². The molecule has 1 saturated carbocycles. The maximum Gasteiger partial charge on any atom is 0.0540 e. The second-order valence-corrected chi connectivity index (χ2v) is 6.69. The lowest BCUT2D eigenvalue weighted by Crippen LogP contribution is -2.48. The summed E-state index contributed by atoms with van der Waals surface area (Å²) in [5.74, 6) is 1.61. The highest BCUT2D eigenvalue weighted by atomic mass is 16.3. The standard InChI is InChI=1S/C15H30N2O/c1-16(2)15(12-6-8-14(18)9-7-12)13-5-4-10-17(3)11-13/h12-15,18H,4-11H2,1-3H3. The van der Waals surface area contributed by atoms with Crippen molar-refractivity contribution in [1.82, 2.24) is 9.80 Å². The molecule has 3 heteroatoms. The number of hydrogen-bond acceptors (Lipinski definition) is 3. The molecule has 106 valence electrons. The van der Waals surface area contributed by atoms with Crippen LogP contribution in [0.5, 0.6) is 0 Å². The molecular weight excluding hydrogens is 224 g/mol. The Bertz CT molecular complexity index is 249. The third-order valence-corrected chi connectivity index (χ3v) is 4.96. The van der Waals surface area contributed by atoms with Crippen molar-refractivity contribution in [3.8, 4) is 0 Å².